The van der Waals surface area contributed by atoms with E-state index in [-0.39, 0.29) is 18.4 Å². The quantitative estimate of drug-likeness (QED) is 0.482. The molecule has 0 fully saturated rings. The van der Waals surface area contributed by atoms with Crippen molar-refractivity contribution < 1.29 is 9.59 Å². The van der Waals surface area contributed by atoms with Crippen LogP contribution >= 0.6 is 0 Å². The molecule has 6 heteroatoms. The van der Waals surface area contributed by atoms with Crippen molar-refractivity contribution >= 4 is 23.2 Å². The van der Waals surface area contributed by atoms with Crippen LogP contribution in [0.2, 0.25) is 0 Å². The van der Waals surface area contributed by atoms with Crippen molar-refractivity contribution in [2.24, 2.45) is 5.73 Å². The van der Waals surface area contributed by atoms with Crippen LogP contribution in [0.25, 0.3) is 0 Å². The fraction of sp³-hybridized carbons (Fsp3) is 0.0909. The summed E-state index contributed by atoms with van der Waals surface area (Å²) in [5.74, 6) is -0.521. The van der Waals surface area contributed by atoms with Gasteiger partial charge in [0.25, 0.3) is 11.8 Å². The maximum atomic E-state index is 12.2. The summed E-state index contributed by atoms with van der Waals surface area (Å²) in [5.41, 5.74) is 20.8. The Morgan fingerprint density at radius 3 is 1.50 bits per heavy atom. The lowest BCUT2D eigenvalue weighted by Gasteiger charge is -2.15. The van der Waals surface area contributed by atoms with Crippen LogP contribution in [-0.4, -0.2) is 16.7 Å². The summed E-state index contributed by atoms with van der Waals surface area (Å²) in [6, 6.07) is 21.7. The third-order valence-corrected chi connectivity index (χ3v) is 4.54. The molecule has 1 aliphatic heterocycles. The Bertz CT molecular complexity index is 982. The maximum absolute atomic E-state index is 12.2. The predicted octanol–water partition coefficient (Wildman–Crippen LogP) is 2.79. The number of hydrogen-bond donors (Lipinski definition) is 3. The lowest BCUT2D eigenvalue weighted by Crippen LogP contribution is -2.29. The zero-order chi connectivity index (χ0) is 20.1. The van der Waals surface area contributed by atoms with Crippen molar-refractivity contribution in [3.8, 4) is 0 Å². The first-order valence-corrected chi connectivity index (χ1v) is 8.85. The number of fused-ring (bicyclic) bond motifs is 1. The number of hydrogen-bond acceptors (Lipinski definition) is 5. The summed E-state index contributed by atoms with van der Waals surface area (Å²) in [6.07, 6.45) is 0. The lowest BCUT2D eigenvalue weighted by molar-refractivity contribution is 0.0642. The normalized spacial score (nSPS) is 12.4. The van der Waals surface area contributed by atoms with Gasteiger partial charge in [-0.25, -0.2) is 0 Å². The monoisotopic (exact) mass is 374 g/mol. The number of anilines is 2. The van der Waals surface area contributed by atoms with Crippen molar-refractivity contribution in [2.45, 2.75) is 13.1 Å². The summed E-state index contributed by atoms with van der Waals surface area (Å²) >= 11 is 0. The SMILES string of the molecule is NCc1ccccc1N.Nc1ccccc1CN1C(=O)c2ccccc2C1=O. The molecule has 0 aliphatic carbocycles. The van der Waals surface area contributed by atoms with E-state index in [1.165, 1.54) is 4.90 Å². The second-order valence-electron chi connectivity index (χ2n) is 6.34. The first kappa shape index (κ1) is 19.1. The highest BCUT2D eigenvalue weighted by Crippen LogP contribution is 2.25. The number of nitrogens with two attached hydrogens (primary N) is 3. The predicted molar refractivity (Wildman–Crippen MR) is 110 cm³/mol. The summed E-state index contributed by atoms with van der Waals surface area (Å²) in [6.45, 7) is 0.728. The van der Waals surface area contributed by atoms with Crippen LogP contribution in [0, 0.1) is 0 Å². The highest BCUT2D eigenvalue weighted by atomic mass is 16.2. The van der Waals surface area contributed by atoms with Crippen molar-refractivity contribution in [3.05, 3.63) is 95.1 Å². The van der Waals surface area contributed by atoms with Gasteiger partial charge in [-0.3, -0.25) is 14.5 Å². The lowest BCUT2D eigenvalue weighted by atomic mass is 10.1. The van der Waals surface area contributed by atoms with Crippen molar-refractivity contribution in [1.29, 1.82) is 0 Å². The molecule has 0 radical (unpaired) electrons. The van der Waals surface area contributed by atoms with Crippen LogP contribution in [0.4, 0.5) is 11.4 Å². The zero-order valence-corrected chi connectivity index (χ0v) is 15.3. The molecule has 1 aliphatic rings. The van der Waals surface area contributed by atoms with Gasteiger partial charge in [0.15, 0.2) is 0 Å². The third kappa shape index (κ3) is 3.87. The summed E-state index contributed by atoms with van der Waals surface area (Å²) < 4.78 is 0. The van der Waals surface area contributed by atoms with Crippen LogP contribution in [-0.2, 0) is 13.1 Å². The molecule has 0 aromatic heterocycles. The van der Waals surface area contributed by atoms with E-state index >= 15 is 0 Å². The van der Waals surface area contributed by atoms with E-state index in [1.807, 2.05) is 42.5 Å². The van der Waals surface area contributed by atoms with Gasteiger partial charge in [0, 0.05) is 17.9 Å². The number of nitrogens with zero attached hydrogens (tertiary/aromatic N) is 1. The van der Waals surface area contributed by atoms with E-state index in [1.54, 1.807) is 30.3 Å². The van der Waals surface area contributed by atoms with E-state index in [2.05, 4.69) is 0 Å². The van der Waals surface area contributed by atoms with Crippen molar-refractivity contribution in [2.75, 3.05) is 11.5 Å². The summed E-state index contributed by atoms with van der Waals surface area (Å²) in [5, 5.41) is 0. The number of nitrogen functional groups attached to an aromatic ring is 2. The molecule has 142 valence electrons. The highest BCUT2D eigenvalue weighted by molar-refractivity contribution is 6.21. The molecule has 0 saturated carbocycles. The second-order valence-corrected chi connectivity index (χ2v) is 6.34. The number of para-hydroxylation sites is 2. The van der Waals surface area contributed by atoms with E-state index in [9.17, 15) is 9.59 Å². The molecule has 4 rings (SSSR count). The Morgan fingerprint density at radius 2 is 1.07 bits per heavy atom. The minimum absolute atomic E-state index is 0.207. The number of carbonyl (C=O) groups excluding carboxylic acids is 2. The van der Waals surface area contributed by atoms with E-state index in [4.69, 9.17) is 17.2 Å². The molecule has 0 spiro atoms. The highest BCUT2D eigenvalue weighted by Gasteiger charge is 2.35. The average Bonchev–Trinajstić information content (AvgIpc) is 2.96. The van der Waals surface area contributed by atoms with Gasteiger partial charge in [0.2, 0.25) is 0 Å². The molecular formula is C22H22N4O2. The second kappa shape index (κ2) is 8.37. The van der Waals surface area contributed by atoms with Gasteiger partial charge in [-0.15, -0.1) is 0 Å². The number of imide groups is 1. The van der Waals surface area contributed by atoms with Gasteiger partial charge < -0.3 is 17.2 Å². The van der Waals surface area contributed by atoms with Gasteiger partial charge in [-0.2, -0.15) is 0 Å². The standard InChI is InChI=1S/C15H12N2O2.C7H10N2/c16-13-8-4-1-5-10(13)9-17-14(18)11-6-2-3-7-12(11)15(17)19;8-5-6-3-1-2-4-7(6)9/h1-8H,9,16H2;1-4H,5,8-9H2. The Kier molecular flexibility index (Phi) is 5.72. The van der Waals surface area contributed by atoms with Gasteiger partial charge >= 0.3 is 0 Å². The largest absolute Gasteiger partial charge is 0.398 e. The molecule has 3 aromatic carbocycles. The molecule has 2 amide bonds. The molecule has 6 nitrogen and oxygen atoms in total. The summed E-state index contributed by atoms with van der Waals surface area (Å²) in [7, 11) is 0. The molecule has 28 heavy (non-hydrogen) atoms. The maximum Gasteiger partial charge on any atom is 0.261 e. The number of carbonyl (C=O) groups is 2. The number of amides is 2. The molecule has 1 heterocycles. The van der Waals surface area contributed by atoms with E-state index in [0.29, 0.717) is 23.4 Å². The fourth-order valence-electron chi connectivity index (χ4n) is 2.95. The number of rotatable bonds is 3. The molecular weight excluding hydrogens is 352 g/mol. The average molecular weight is 374 g/mol. The minimum atomic E-state index is -0.260. The van der Waals surface area contributed by atoms with Crippen LogP contribution in [0.3, 0.4) is 0 Å². The molecule has 0 bridgehead atoms. The van der Waals surface area contributed by atoms with Gasteiger partial charge in [0.05, 0.1) is 17.7 Å². The minimum Gasteiger partial charge on any atom is -0.398 e. The van der Waals surface area contributed by atoms with Crippen LogP contribution in [0.5, 0.6) is 0 Å². The topological polar surface area (TPSA) is 115 Å². The zero-order valence-electron chi connectivity index (χ0n) is 15.3. The Labute approximate surface area is 163 Å². The Hall–Kier alpha value is -3.64. The van der Waals surface area contributed by atoms with E-state index in [0.717, 1.165) is 16.8 Å². The fourth-order valence-corrected chi connectivity index (χ4v) is 2.95. The third-order valence-electron chi connectivity index (χ3n) is 4.54. The molecule has 6 N–H and O–H groups in total. The first-order valence-electron chi connectivity index (χ1n) is 8.85. The summed E-state index contributed by atoms with van der Waals surface area (Å²) in [4.78, 5) is 25.6. The molecule has 3 aromatic rings. The van der Waals surface area contributed by atoms with Crippen molar-refractivity contribution in [3.63, 3.8) is 0 Å². The van der Waals surface area contributed by atoms with Crippen LogP contribution in [0.1, 0.15) is 31.8 Å². The first-order chi connectivity index (χ1) is 13.5. The smallest absolute Gasteiger partial charge is 0.261 e. The van der Waals surface area contributed by atoms with E-state index < -0.39 is 0 Å². The van der Waals surface area contributed by atoms with Gasteiger partial charge in [0.1, 0.15) is 0 Å². The molecule has 0 unspecified atom stereocenters. The van der Waals surface area contributed by atoms with Crippen LogP contribution in [0.15, 0.2) is 72.8 Å². The van der Waals surface area contributed by atoms with Gasteiger partial charge in [-0.05, 0) is 35.4 Å². The number of benzene rings is 3. The molecule has 0 saturated heterocycles. The molecule has 0 atom stereocenters. The van der Waals surface area contributed by atoms with Gasteiger partial charge in [-0.1, -0.05) is 48.5 Å². The Balaban J connectivity index is 0.000000211. The Morgan fingerprint density at radius 1 is 0.643 bits per heavy atom. The van der Waals surface area contributed by atoms with Crippen LogP contribution < -0.4 is 17.2 Å². The van der Waals surface area contributed by atoms with Crippen molar-refractivity contribution in [1.82, 2.24) is 4.90 Å².